The van der Waals surface area contributed by atoms with Crippen molar-refractivity contribution in [3.63, 3.8) is 0 Å². The third kappa shape index (κ3) is 7.36. The van der Waals surface area contributed by atoms with Gasteiger partial charge < -0.3 is 24.6 Å². The van der Waals surface area contributed by atoms with E-state index in [1.165, 1.54) is 12.1 Å². The van der Waals surface area contributed by atoms with Crippen LogP contribution in [-0.4, -0.2) is 42.4 Å². The first-order valence-electron chi connectivity index (χ1n) is 14.5. The molecule has 0 saturated heterocycles. The second-order valence-corrected chi connectivity index (χ2v) is 9.99. The van der Waals surface area contributed by atoms with Gasteiger partial charge in [0.05, 0.1) is 32.1 Å². The molecule has 2 N–H and O–H groups in total. The van der Waals surface area contributed by atoms with Crippen LogP contribution in [0.3, 0.4) is 0 Å². The van der Waals surface area contributed by atoms with Gasteiger partial charge in [0, 0.05) is 22.6 Å². The lowest BCUT2D eigenvalue weighted by Crippen LogP contribution is -2.39. The average Bonchev–Trinajstić information content (AvgIpc) is 3.36. The van der Waals surface area contributed by atoms with Crippen LogP contribution in [0.15, 0.2) is 48.5 Å². The zero-order chi connectivity index (χ0) is 30.2. The normalized spacial score (nSPS) is 16.8. The Bertz CT molecular complexity index is 1310. The van der Waals surface area contributed by atoms with Crippen LogP contribution in [0.25, 0.3) is 11.3 Å². The molecule has 0 bridgehead atoms. The molecule has 1 aromatic heterocycles. The van der Waals surface area contributed by atoms with Crippen LogP contribution in [0.1, 0.15) is 88.3 Å². The number of carbonyl (C=O) groups is 1. The molecule has 2 aliphatic rings. The topological polar surface area (TPSA) is 89.9 Å². The van der Waals surface area contributed by atoms with E-state index in [-0.39, 0.29) is 30.3 Å². The number of nitrogens with one attached hydrogen (secondary N) is 1. The highest BCUT2D eigenvalue weighted by Crippen LogP contribution is 2.42. The molecular weight excluding hydrogens is 523 g/mol. The Morgan fingerprint density at radius 2 is 1.78 bits per heavy atom. The summed E-state index contributed by atoms with van der Waals surface area (Å²) in [6.45, 7) is 12.1. The average molecular weight is 567 g/mol. The van der Waals surface area contributed by atoms with Crippen molar-refractivity contribution in [2.24, 2.45) is 0 Å². The highest BCUT2D eigenvalue weighted by Gasteiger charge is 2.32. The number of aliphatic hydroxyl groups is 1. The number of hydrogen-bond acceptors (Lipinski definition) is 6. The third-order valence-corrected chi connectivity index (χ3v) is 7.04. The Balaban J connectivity index is 0.00000111. The molecule has 222 valence electrons. The van der Waals surface area contributed by atoms with Crippen LogP contribution < -0.4 is 19.5 Å². The number of aromatic nitrogens is 1. The van der Waals surface area contributed by atoms with Crippen molar-refractivity contribution in [2.45, 2.75) is 78.4 Å². The number of carbonyl (C=O) groups excluding carboxylic acids is 1. The molecule has 7 nitrogen and oxygen atoms in total. The lowest BCUT2D eigenvalue weighted by Gasteiger charge is -2.27. The fraction of sp³-hybridized carbons (Fsp3) is 0.455. The van der Waals surface area contributed by atoms with Gasteiger partial charge in [-0.25, -0.2) is 9.37 Å². The third-order valence-electron chi connectivity index (χ3n) is 7.04. The maximum Gasteiger partial charge on any atom is 0.251 e. The Hall–Kier alpha value is -3.65. The predicted octanol–water partition coefficient (Wildman–Crippen LogP) is 7.01. The van der Waals surface area contributed by atoms with Crippen LogP contribution in [0, 0.1) is 5.82 Å². The molecule has 1 amide bonds. The monoisotopic (exact) mass is 566 g/mol. The molecule has 1 saturated carbocycles. The van der Waals surface area contributed by atoms with Gasteiger partial charge in [0.2, 0.25) is 0 Å². The van der Waals surface area contributed by atoms with Gasteiger partial charge in [-0.1, -0.05) is 34.6 Å². The maximum atomic E-state index is 13.5. The van der Waals surface area contributed by atoms with E-state index in [9.17, 15) is 14.3 Å². The first-order valence-corrected chi connectivity index (χ1v) is 14.5. The molecule has 5 rings (SSSR count). The minimum absolute atomic E-state index is 0.0711. The summed E-state index contributed by atoms with van der Waals surface area (Å²) in [5.41, 5.74) is 1.45. The molecule has 2 unspecified atom stereocenters. The number of hydrogen-bond donors (Lipinski definition) is 2. The van der Waals surface area contributed by atoms with Gasteiger partial charge in [-0.2, -0.15) is 0 Å². The van der Waals surface area contributed by atoms with E-state index in [0.717, 1.165) is 24.8 Å². The molecule has 2 heterocycles. The van der Waals surface area contributed by atoms with Crippen molar-refractivity contribution in [1.29, 1.82) is 0 Å². The number of amides is 1. The second-order valence-electron chi connectivity index (χ2n) is 9.99. The predicted molar refractivity (Wildman–Crippen MR) is 159 cm³/mol. The minimum atomic E-state index is -1.47. The number of pyridine rings is 1. The number of fused-ring (bicyclic) bond motifs is 1. The van der Waals surface area contributed by atoms with Gasteiger partial charge in [0.1, 0.15) is 22.9 Å². The summed E-state index contributed by atoms with van der Waals surface area (Å²) in [5, 5.41) is 14.2. The number of rotatable bonds is 8. The number of halogens is 1. The van der Waals surface area contributed by atoms with E-state index in [1.807, 2.05) is 40.7 Å². The van der Waals surface area contributed by atoms with E-state index in [0.29, 0.717) is 46.4 Å². The lowest BCUT2D eigenvalue weighted by molar-refractivity contribution is 0.0489. The summed E-state index contributed by atoms with van der Waals surface area (Å²) < 4.78 is 30.8. The van der Waals surface area contributed by atoms with Crippen LogP contribution >= 0.6 is 0 Å². The van der Waals surface area contributed by atoms with Crippen LogP contribution in [0.2, 0.25) is 0 Å². The number of nitrogens with zero attached hydrogens (tertiary/aromatic N) is 1. The quantitative estimate of drug-likeness (QED) is 0.305. The summed E-state index contributed by atoms with van der Waals surface area (Å²) in [6.07, 6.45) is 3.39. The van der Waals surface area contributed by atoms with Crippen molar-refractivity contribution >= 4 is 5.91 Å². The van der Waals surface area contributed by atoms with E-state index in [2.05, 4.69) is 5.32 Å². The minimum Gasteiger partial charge on any atom is -0.493 e. The Labute approximate surface area is 243 Å². The fourth-order valence-corrected chi connectivity index (χ4v) is 4.47. The Morgan fingerprint density at radius 1 is 1.10 bits per heavy atom. The SMILES string of the molecule is CC.CC.COc1cc(C(=O)NCC(C)(O)c2cc3c(c(-c4ccc(F)cc4)n2)OCC3C)ccc1OC1CCC1. The molecule has 41 heavy (non-hydrogen) atoms. The fourth-order valence-electron chi connectivity index (χ4n) is 4.47. The van der Waals surface area contributed by atoms with Crippen molar-refractivity contribution < 1.29 is 28.5 Å². The summed E-state index contributed by atoms with van der Waals surface area (Å²) in [5.74, 6) is 1.14. The maximum absolute atomic E-state index is 13.5. The summed E-state index contributed by atoms with van der Waals surface area (Å²) in [7, 11) is 1.54. The lowest BCUT2D eigenvalue weighted by atomic mass is 9.94. The van der Waals surface area contributed by atoms with Crippen molar-refractivity contribution in [2.75, 3.05) is 20.3 Å². The van der Waals surface area contributed by atoms with Gasteiger partial charge in [-0.15, -0.1) is 0 Å². The molecule has 0 radical (unpaired) electrons. The Morgan fingerprint density at radius 3 is 2.39 bits per heavy atom. The highest BCUT2D eigenvalue weighted by atomic mass is 19.1. The largest absolute Gasteiger partial charge is 0.493 e. The van der Waals surface area contributed by atoms with Gasteiger partial charge in [0.15, 0.2) is 11.5 Å². The molecule has 1 aliphatic heterocycles. The first-order chi connectivity index (χ1) is 19.7. The van der Waals surface area contributed by atoms with Gasteiger partial charge >= 0.3 is 0 Å². The van der Waals surface area contributed by atoms with E-state index < -0.39 is 5.60 Å². The number of methoxy groups -OCH3 is 1. The van der Waals surface area contributed by atoms with Crippen LogP contribution in [0.5, 0.6) is 17.2 Å². The molecule has 0 spiro atoms. The van der Waals surface area contributed by atoms with Gasteiger partial charge in [0.25, 0.3) is 5.91 Å². The summed E-state index contributed by atoms with van der Waals surface area (Å²) in [6, 6.07) is 12.9. The molecule has 3 aromatic rings. The van der Waals surface area contributed by atoms with Crippen LogP contribution in [0.4, 0.5) is 4.39 Å². The van der Waals surface area contributed by atoms with Crippen molar-refractivity contribution in [3.8, 4) is 28.5 Å². The van der Waals surface area contributed by atoms with Crippen molar-refractivity contribution in [1.82, 2.24) is 10.3 Å². The number of ether oxygens (including phenoxy) is 3. The van der Waals surface area contributed by atoms with E-state index >= 15 is 0 Å². The molecule has 8 heteroatoms. The standard InChI is InChI=1S/C29H31FN2O5.2C2H6/c1-17-15-36-27-22(17)14-25(32-26(27)18-7-10-20(30)11-8-18)29(2,34)16-31-28(33)19-9-12-23(24(13-19)35-3)37-21-5-4-6-21;2*1-2/h7-14,17,21,34H,4-6,15-16H2,1-3H3,(H,31,33);2*1-2H3. The first kappa shape index (κ1) is 31.9. The smallest absolute Gasteiger partial charge is 0.251 e. The summed E-state index contributed by atoms with van der Waals surface area (Å²) >= 11 is 0. The zero-order valence-corrected chi connectivity index (χ0v) is 25.2. The highest BCUT2D eigenvalue weighted by molar-refractivity contribution is 5.95. The van der Waals surface area contributed by atoms with Gasteiger partial charge in [-0.05, 0) is 74.7 Å². The molecule has 1 aliphatic carbocycles. The van der Waals surface area contributed by atoms with E-state index in [4.69, 9.17) is 19.2 Å². The molecule has 2 atom stereocenters. The number of benzene rings is 2. The Kier molecular flexibility index (Phi) is 11.1. The van der Waals surface area contributed by atoms with Gasteiger partial charge in [-0.3, -0.25) is 4.79 Å². The zero-order valence-electron chi connectivity index (χ0n) is 25.2. The van der Waals surface area contributed by atoms with Crippen LogP contribution in [-0.2, 0) is 5.60 Å². The second kappa shape index (κ2) is 14.3. The van der Waals surface area contributed by atoms with Crippen molar-refractivity contribution in [3.05, 3.63) is 71.2 Å². The molecule has 1 fully saturated rings. The summed E-state index contributed by atoms with van der Waals surface area (Å²) in [4.78, 5) is 17.7. The van der Waals surface area contributed by atoms with E-state index in [1.54, 1.807) is 44.4 Å². The molecule has 2 aromatic carbocycles. The molecular formula is C33H43FN2O5.